The molecular weight excluding hydrogens is 290 g/mol. The minimum absolute atomic E-state index is 0.327. The van der Waals surface area contributed by atoms with Gasteiger partial charge in [-0.3, -0.25) is 0 Å². The fraction of sp³-hybridized carbons (Fsp3) is 0.733. The van der Waals surface area contributed by atoms with Gasteiger partial charge in [-0.05, 0) is 41.0 Å². The lowest BCUT2D eigenvalue weighted by atomic mass is 10.0. The number of aliphatic carboxylic acids is 1. The van der Waals surface area contributed by atoms with Crippen LogP contribution in [-0.2, 0) is 19.0 Å². The zero-order valence-corrected chi connectivity index (χ0v) is 13.7. The summed E-state index contributed by atoms with van der Waals surface area (Å²) in [4.78, 5) is 23.3. The van der Waals surface area contributed by atoms with Crippen molar-refractivity contribution in [1.29, 1.82) is 0 Å². The van der Waals surface area contributed by atoms with Crippen LogP contribution in [0.15, 0.2) is 12.7 Å². The van der Waals surface area contributed by atoms with E-state index in [4.69, 9.17) is 14.2 Å². The first-order valence-corrected chi connectivity index (χ1v) is 7.14. The topological polar surface area (TPSA) is 94.1 Å². The molecule has 0 aromatic rings. The first kappa shape index (κ1) is 18.4. The SMILES string of the molecule is C=CC[C@H](NC(=O)OC(C)(C)C)[C@@H]1OC(C)(C)O[C@@H]1C(=O)O. The monoisotopic (exact) mass is 315 g/mol. The summed E-state index contributed by atoms with van der Waals surface area (Å²) in [7, 11) is 0. The van der Waals surface area contributed by atoms with Gasteiger partial charge in [-0.2, -0.15) is 0 Å². The maximum atomic E-state index is 11.9. The summed E-state index contributed by atoms with van der Waals surface area (Å²) in [6, 6.07) is -0.616. The second-order valence-corrected chi connectivity index (χ2v) is 6.64. The Kier molecular flexibility index (Phi) is 5.59. The fourth-order valence-electron chi connectivity index (χ4n) is 2.19. The summed E-state index contributed by atoms with van der Waals surface area (Å²) < 4.78 is 16.2. The van der Waals surface area contributed by atoms with E-state index >= 15 is 0 Å². The van der Waals surface area contributed by atoms with Gasteiger partial charge in [-0.1, -0.05) is 6.08 Å². The van der Waals surface area contributed by atoms with Crippen molar-refractivity contribution in [3.8, 4) is 0 Å². The zero-order valence-electron chi connectivity index (χ0n) is 13.7. The smallest absolute Gasteiger partial charge is 0.407 e. The highest BCUT2D eigenvalue weighted by Gasteiger charge is 2.49. The van der Waals surface area contributed by atoms with Gasteiger partial charge in [0, 0.05) is 0 Å². The molecule has 22 heavy (non-hydrogen) atoms. The van der Waals surface area contributed by atoms with Crippen molar-refractivity contribution in [2.75, 3.05) is 0 Å². The molecule has 0 aromatic heterocycles. The number of carboxylic acids is 1. The van der Waals surface area contributed by atoms with E-state index in [1.165, 1.54) is 0 Å². The van der Waals surface area contributed by atoms with Gasteiger partial charge in [0.25, 0.3) is 0 Å². The fourth-order valence-corrected chi connectivity index (χ4v) is 2.19. The number of ether oxygens (including phenoxy) is 3. The molecule has 2 N–H and O–H groups in total. The van der Waals surface area contributed by atoms with E-state index < -0.39 is 41.7 Å². The molecule has 1 rings (SSSR count). The summed E-state index contributed by atoms with van der Waals surface area (Å²) in [6.45, 7) is 12.1. The highest BCUT2D eigenvalue weighted by atomic mass is 16.8. The predicted molar refractivity (Wildman–Crippen MR) is 79.4 cm³/mol. The summed E-state index contributed by atoms with van der Waals surface area (Å²) >= 11 is 0. The van der Waals surface area contributed by atoms with Crippen LogP contribution in [0.25, 0.3) is 0 Å². The lowest BCUT2D eigenvalue weighted by Crippen LogP contribution is -2.50. The molecule has 0 aromatic carbocycles. The van der Waals surface area contributed by atoms with Crippen LogP contribution >= 0.6 is 0 Å². The van der Waals surface area contributed by atoms with Crippen LogP contribution in [0.5, 0.6) is 0 Å². The molecule has 1 aliphatic heterocycles. The second-order valence-electron chi connectivity index (χ2n) is 6.64. The van der Waals surface area contributed by atoms with E-state index in [9.17, 15) is 14.7 Å². The Morgan fingerprint density at radius 2 is 2.00 bits per heavy atom. The minimum atomic E-state index is -1.17. The van der Waals surface area contributed by atoms with Gasteiger partial charge in [-0.15, -0.1) is 6.58 Å². The molecule has 0 saturated carbocycles. The molecule has 0 unspecified atom stereocenters. The Bertz CT molecular complexity index is 440. The molecule has 126 valence electrons. The van der Waals surface area contributed by atoms with Gasteiger partial charge < -0.3 is 24.6 Å². The van der Waals surface area contributed by atoms with Crippen LogP contribution < -0.4 is 5.32 Å². The van der Waals surface area contributed by atoms with E-state index in [0.717, 1.165) is 0 Å². The number of carbonyl (C=O) groups excluding carboxylic acids is 1. The number of hydrogen-bond donors (Lipinski definition) is 2. The highest BCUT2D eigenvalue weighted by Crippen LogP contribution is 2.31. The van der Waals surface area contributed by atoms with Crippen molar-refractivity contribution in [2.24, 2.45) is 0 Å². The van der Waals surface area contributed by atoms with E-state index in [0.29, 0.717) is 6.42 Å². The molecule has 1 amide bonds. The molecule has 1 heterocycles. The van der Waals surface area contributed by atoms with Crippen molar-refractivity contribution in [1.82, 2.24) is 5.32 Å². The van der Waals surface area contributed by atoms with E-state index in [1.54, 1.807) is 40.7 Å². The average Bonchev–Trinajstić information content (AvgIpc) is 2.62. The maximum Gasteiger partial charge on any atom is 0.407 e. The highest BCUT2D eigenvalue weighted by molar-refractivity contribution is 5.74. The number of alkyl carbamates (subject to hydrolysis) is 1. The van der Waals surface area contributed by atoms with Crippen LogP contribution in [0, 0.1) is 0 Å². The van der Waals surface area contributed by atoms with Crippen LogP contribution in [0.4, 0.5) is 4.79 Å². The Balaban J connectivity index is 2.87. The normalized spacial score (nSPS) is 25.3. The first-order valence-electron chi connectivity index (χ1n) is 7.14. The van der Waals surface area contributed by atoms with E-state index in [1.807, 2.05) is 0 Å². The standard InChI is InChI=1S/C15H25NO6/c1-7-8-9(16-13(19)22-14(2,3)4)10-11(12(17)18)21-15(5,6)20-10/h7,9-11H,1,8H2,2-6H3,(H,16,19)(H,17,18)/t9-,10-,11-/m0/s1. The maximum absolute atomic E-state index is 11.9. The Labute approximate surface area is 130 Å². The summed E-state index contributed by atoms with van der Waals surface area (Å²) in [5.74, 6) is -2.18. The van der Waals surface area contributed by atoms with E-state index in [2.05, 4.69) is 11.9 Å². The minimum Gasteiger partial charge on any atom is -0.479 e. The Morgan fingerprint density at radius 1 is 1.41 bits per heavy atom. The van der Waals surface area contributed by atoms with Gasteiger partial charge in [0.2, 0.25) is 0 Å². The molecule has 0 aliphatic carbocycles. The summed E-state index contributed by atoms with van der Waals surface area (Å²) in [5.41, 5.74) is -0.651. The van der Waals surface area contributed by atoms with Crippen LogP contribution in [-0.4, -0.2) is 46.8 Å². The van der Waals surface area contributed by atoms with Gasteiger partial charge >= 0.3 is 12.1 Å². The largest absolute Gasteiger partial charge is 0.479 e. The van der Waals surface area contributed by atoms with Crippen molar-refractivity contribution >= 4 is 12.1 Å². The summed E-state index contributed by atoms with van der Waals surface area (Å²) in [5, 5.41) is 11.9. The van der Waals surface area contributed by atoms with Gasteiger partial charge in [0.05, 0.1) is 6.04 Å². The van der Waals surface area contributed by atoms with Gasteiger partial charge in [-0.25, -0.2) is 9.59 Å². The molecule has 0 spiro atoms. The molecule has 1 aliphatic rings. The lowest BCUT2D eigenvalue weighted by Gasteiger charge is -2.27. The number of hydrogen-bond acceptors (Lipinski definition) is 5. The third-order valence-corrected chi connectivity index (χ3v) is 2.89. The lowest BCUT2D eigenvalue weighted by molar-refractivity contribution is -0.166. The summed E-state index contributed by atoms with van der Waals surface area (Å²) in [6.07, 6.45) is -0.743. The molecular formula is C15H25NO6. The number of carbonyl (C=O) groups is 2. The number of rotatable bonds is 5. The predicted octanol–water partition coefficient (Wildman–Crippen LogP) is 2.06. The number of carboxylic acid groups (broad SMARTS) is 1. The molecule has 1 saturated heterocycles. The van der Waals surface area contributed by atoms with E-state index in [-0.39, 0.29) is 0 Å². The van der Waals surface area contributed by atoms with Crippen LogP contribution in [0.2, 0.25) is 0 Å². The molecule has 3 atom stereocenters. The first-order chi connectivity index (χ1) is 9.95. The van der Waals surface area contributed by atoms with Gasteiger partial charge in [0.1, 0.15) is 11.7 Å². The molecule has 7 heteroatoms. The Hall–Kier alpha value is -1.60. The number of amides is 1. The van der Waals surface area contributed by atoms with Gasteiger partial charge in [0.15, 0.2) is 11.9 Å². The third kappa shape index (κ3) is 5.31. The van der Waals surface area contributed by atoms with Crippen molar-refractivity contribution in [3.63, 3.8) is 0 Å². The zero-order chi connectivity index (χ0) is 17.1. The second kappa shape index (κ2) is 6.66. The third-order valence-electron chi connectivity index (χ3n) is 2.89. The van der Waals surface area contributed by atoms with Crippen LogP contribution in [0.1, 0.15) is 41.0 Å². The van der Waals surface area contributed by atoms with Crippen molar-refractivity contribution in [3.05, 3.63) is 12.7 Å². The van der Waals surface area contributed by atoms with Crippen molar-refractivity contribution in [2.45, 2.75) is 70.7 Å². The average molecular weight is 315 g/mol. The van der Waals surface area contributed by atoms with Crippen LogP contribution in [0.3, 0.4) is 0 Å². The molecule has 0 radical (unpaired) electrons. The molecule has 1 fully saturated rings. The molecule has 0 bridgehead atoms. The number of nitrogens with one attached hydrogen (secondary N) is 1. The molecule has 7 nitrogen and oxygen atoms in total. The quantitative estimate of drug-likeness (QED) is 0.754. The van der Waals surface area contributed by atoms with Crippen molar-refractivity contribution < 1.29 is 28.9 Å². The Morgan fingerprint density at radius 3 is 2.45 bits per heavy atom.